The van der Waals surface area contributed by atoms with Gasteiger partial charge in [-0.3, -0.25) is 5.41 Å². The number of nitrogens with one attached hydrogen (secondary N) is 1. The molecule has 0 saturated carbocycles. The standard InChI is InChI=1S/C21H20F3N3O2/c1-12(13-7-9-15(10-8-13)14-5-3-2-4-6-14)18(25)17-19(26)27-16(28)11-20(17,29)21(22,23)24/h2-10,12,29H,11,25H2,1H3,(H2,26,27,28)/p+1. The zero-order valence-electron chi connectivity index (χ0n) is 15.6. The van der Waals surface area contributed by atoms with Gasteiger partial charge in [0.2, 0.25) is 5.60 Å². The first-order chi connectivity index (χ1) is 13.5. The summed E-state index contributed by atoms with van der Waals surface area (Å²) in [6.07, 6.45) is -6.32. The zero-order valence-corrected chi connectivity index (χ0v) is 15.6. The monoisotopic (exact) mass is 404 g/mol. The van der Waals surface area contributed by atoms with Crippen LogP contribution in [0.3, 0.4) is 0 Å². The summed E-state index contributed by atoms with van der Waals surface area (Å²) in [5.41, 5.74) is 4.23. The Kier molecular flexibility index (Phi) is 5.23. The minimum Gasteiger partial charge on any atom is -0.401 e. The molecule has 1 amide bonds. The van der Waals surface area contributed by atoms with E-state index in [9.17, 15) is 23.1 Å². The summed E-state index contributed by atoms with van der Waals surface area (Å²) in [4.78, 5) is 11.6. The van der Waals surface area contributed by atoms with Crippen LogP contribution in [0.5, 0.6) is 0 Å². The molecule has 1 aliphatic heterocycles. The van der Waals surface area contributed by atoms with Gasteiger partial charge in [0, 0.05) is 11.6 Å². The molecule has 29 heavy (non-hydrogen) atoms. The number of alkyl halides is 3. The number of allylic oxidation sites excluding steroid dienone is 1. The normalized spacial score (nSPS) is 22.8. The van der Waals surface area contributed by atoms with Crippen molar-refractivity contribution in [2.24, 2.45) is 5.73 Å². The lowest BCUT2D eigenvalue weighted by Crippen LogP contribution is -2.66. The van der Waals surface area contributed by atoms with Crippen molar-refractivity contribution in [1.82, 2.24) is 5.32 Å². The summed E-state index contributed by atoms with van der Waals surface area (Å²) >= 11 is 0. The van der Waals surface area contributed by atoms with Crippen molar-refractivity contribution in [3.8, 4) is 11.1 Å². The van der Waals surface area contributed by atoms with Crippen molar-refractivity contribution < 1.29 is 28.5 Å². The molecule has 3 rings (SSSR count). The Morgan fingerprint density at radius 2 is 1.69 bits per heavy atom. The van der Waals surface area contributed by atoms with Gasteiger partial charge in [-0.25, -0.2) is 10.1 Å². The summed E-state index contributed by atoms with van der Waals surface area (Å²) < 4.78 is 40.8. The van der Waals surface area contributed by atoms with E-state index < -0.39 is 41.4 Å². The van der Waals surface area contributed by atoms with Crippen LogP contribution in [0.2, 0.25) is 0 Å². The van der Waals surface area contributed by atoms with Gasteiger partial charge in [0.1, 0.15) is 5.57 Å². The second kappa shape index (κ2) is 7.36. The molecule has 2 aromatic rings. The average Bonchev–Trinajstić information content (AvgIpc) is 2.66. The Balaban J connectivity index is 2.00. The van der Waals surface area contributed by atoms with E-state index in [2.05, 4.69) is 5.32 Å². The summed E-state index contributed by atoms with van der Waals surface area (Å²) in [5, 5.41) is 18.1. The first kappa shape index (κ1) is 20.6. The molecule has 5 nitrogen and oxygen atoms in total. The van der Waals surface area contributed by atoms with Gasteiger partial charge in [-0.1, -0.05) is 61.5 Å². The molecule has 6 N–H and O–H groups in total. The highest BCUT2D eigenvalue weighted by Gasteiger charge is 2.63. The van der Waals surface area contributed by atoms with E-state index in [0.717, 1.165) is 11.1 Å². The van der Waals surface area contributed by atoms with E-state index in [1.165, 1.54) is 0 Å². The number of rotatable bonds is 3. The van der Waals surface area contributed by atoms with Crippen LogP contribution in [-0.2, 0) is 4.79 Å². The minimum atomic E-state index is -5.12. The number of hydrogen-bond acceptors (Lipinski definition) is 3. The van der Waals surface area contributed by atoms with E-state index in [0.29, 0.717) is 5.56 Å². The lowest BCUT2D eigenvalue weighted by atomic mass is 9.80. The highest BCUT2D eigenvalue weighted by atomic mass is 19.4. The fourth-order valence-corrected chi connectivity index (χ4v) is 3.43. The maximum atomic E-state index is 13.6. The number of carbonyl (C=O) groups excluding carboxylic acids is 1. The van der Waals surface area contributed by atoms with E-state index in [1.807, 2.05) is 42.5 Å². The highest BCUT2D eigenvalue weighted by molar-refractivity contribution is 6.10. The van der Waals surface area contributed by atoms with Gasteiger partial charge in [0.25, 0.3) is 5.84 Å². The molecule has 8 heteroatoms. The minimum absolute atomic E-state index is 0.255. The fraction of sp³-hybridized carbons (Fsp3) is 0.238. The Hall–Kier alpha value is -3.13. The maximum absolute atomic E-state index is 13.6. The number of aliphatic hydroxyl groups is 1. The van der Waals surface area contributed by atoms with Crippen LogP contribution in [0.4, 0.5) is 13.2 Å². The predicted octanol–water partition coefficient (Wildman–Crippen LogP) is 1.64. The molecule has 2 atom stereocenters. The Labute approximate surface area is 165 Å². The van der Waals surface area contributed by atoms with Crippen molar-refractivity contribution in [2.75, 3.05) is 0 Å². The number of amidine groups is 1. The zero-order chi connectivity index (χ0) is 21.4. The number of halogens is 3. The number of benzene rings is 2. The quantitative estimate of drug-likeness (QED) is 0.626. The highest BCUT2D eigenvalue weighted by Crippen LogP contribution is 2.42. The lowest BCUT2D eigenvalue weighted by Gasteiger charge is -2.35. The maximum Gasteiger partial charge on any atom is 0.422 e. The fourth-order valence-electron chi connectivity index (χ4n) is 3.43. The number of piperidine rings is 1. The van der Waals surface area contributed by atoms with Gasteiger partial charge in [-0.15, -0.1) is 0 Å². The number of nitrogens with two attached hydrogens (primary N) is 2. The van der Waals surface area contributed by atoms with E-state index in [-0.39, 0.29) is 5.70 Å². The van der Waals surface area contributed by atoms with E-state index in [4.69, 9.17) is 11.1 Å². The average molecular weight is 404 g/mol. The summed E-state index contributed by atoms with van der Waals surface area (Å²) in [6, 6.07) is 16.8. The van der Waals surface area contributed by atoms with Crippen molar-refractivity contribution in [3.63, 3.8) is 0 Å². The smallest absolute Gasteiger partial charge is 0.401 e. The number of hydrogen-bond donors (Lipinski definition) is 4. The van der Waals surface area contributed by atoms with Crippen molar-refractivity contribution in [2.45, 2.75) is 31.0 Å². The molecule has 1 fully saturated rings. The second-order valence-electron chi connectivity index (χ2n) is 7.04. The molecule has 2 aromatic carbocycles. The third kappa shape index (κ3) is 3.75. The molecule has 0 spiro atoms. The molecular weight excluding hydrogens is 383 g/mol. The largest absolute Gasteiger partial charge is 0.422 e. The first-order valence-electron chi connectivity index (χ1n) is 8.92. The molecule has 2 unspecified atom stereocenters. The van der Waals surface area contributed by atoms with E-state index >= 15 is 0 Å². The molecule has 0 aromatic heterocycles. The predicted molar refractivity (Wildman–Crippen MR) is 102 cm³/mol. The SMILES string of the molecule is CC(C(N)=C1C(=[NH2+])NC(=O)CC1(O)C(F)(F)F)c1ccc(-c2ccccc2)cc1. The van der Waals surface area contributed by atoms with Crippen molar-refractivity contribution in [1.29, 1.82) is 0 Å². The van der Waals surface area contributed by atoms with Crippen LogP contribution in [0.1, 0.15) is 24.8 Å². The molecule has 0 radical (unpaired) electrons. The first-order valence-corrected chi connectivity index (χ1v) is 8.92. The summed E-state index contributed by atoms with van der Waals surface area (Å²) in [5.74, 6) is -2.30. The van der Waals surface area contributed by atoms with Crippen LogP contribution in [0.25, 0.3) is 11.1 Å². The molecular formula is C21H21F3N3O2+. The van der Waals surface area contributed by atoms with Gasteiger partial charge < -0.3 is 10.8 Å². The molecule has 1 heterocycles. The van der Waals surface area contributed by atoms with Gasteiger partial charge in [-0.2, -0.15) is 13.2 Å². The number of carbonyl (C=O) groups is 1. The van der Waals surface area contributed by atoms with Crippen molar-refractivity contribution >= 4 is 11.7 Å². The van der Waals surface area contributed by atoms with Gasteiger partial charge in [-0.05, 0) is 16.7 Å². The molecule has 0 aliphatic carbocycles. The van der Waals surface area contributed by atoms with E-state index in [1.54, 1.807) is 19.1 Å². The molecule has 152 valence electrons. The second-order valence-corrected chi connectivity index (χ2v) is 7.04. The molecule has 1 aliphatic rings. The van der Waals surface area contributed by atoms with Crippen LogP contribution in [0, 0.1) is 0 Å². The molecule has 0 bridgehead atoms. The van der Waals surface area contributed by atoms with Crippen LogP contribution in [-0.4, -0.2) is 28.6 Å². The Bertz CT molecular complexity index is 969. The van der Waals surface area contributed by atoms with Gasteiger partial charge >= 0.3 is 12.1 Å². The van der Waals surface area contributed by atoms with Gasteiger partial charge in [0.05, 0.1) is 6.42 Å². The van der Waals surface area contributed by atoms with Crippen LogP contribution in [0.15, 0.2) is 65.9 Å². The van der Waals surface area contributed by atoms with Gasteiger partial charge in [0.15, 0.2) is 0 Å². The summed E-state index contributed by atoms with van der Waals surface area (Å²) in [6.45, 7) is 1.61. The molecule has 1 saturated heterocycles. The Morgan fingerprint density at radius 3 is 2.24 bits per heavy atom. The topological polar surface area (TPSA) is 101 Å². The summed E-state index contributed by atoms with van der Waals surface area (Å²) in [7, 11) is 0. The third-order valence-electron chi connectivity index (χ3n) is 5.12. The van der Waals surface area contributed by atoms with Crippen molar-refractivity contribution in [3.05, 3.63) is 71.4 Å². The lowest BCUT2D eigenvalue weighted by molar-refractivity contribution is -0.247. The van der Waals surface area contributed by atoms with Crippen LogP contribution >= 0.6 is 0 Å². The number of amides is 1. The van der Waals surface area contributed by atoms with Crippen LogP contribution < -0.4 is 16.5 Å². The Morgan fingerprint density at radius 1 is 1.14 bits per heavy atom. The third-order valence-corrected chi connectivity index (χ3v) is 5.12.